The number of pyridine rings is 3. The SMILES string of the molecule is COc1nc(Cl)cc2c1[C@]1(O)[C@H](O)[C@H](CN(C)C)[C@@H](c3ccccc3)[C@]1(c1ccc(C(F)F)cc1)O2.[C-]#[N+]c1cc2c(c(OC)n1)[C@]1(O)[C@H](O)[C@H](CN(C)C)[C@@H](c3ccccc3)[C@]1(c1ccc(C(F)F)cc1)O2.[C-]#[N+]c1cc2c(c(OC)n1)[C@]1(O)[C@H](O)[C@H](CN(C)C)[C@@H](c3ccccc3)[C@]1(c1ccc(C(F)F)cc1)O2. The third-order valence-electron chi connectivity index (χ3n) is 22.3. The normalized spacial score (nSPS) is 28.3. The predicted molar refractivity (Wildman–Crippen MR) is 394 cm³/mol. The first-order chi connectivity index (χ1) is 52.5. The zero-order valence-electron chi connectivity index (χ0n) is 61.2. The molecule has 3 aliphatic heterocycles. The summed E-state index contributed by atoms with van der Waals surface area (Å²) in [4.78, 5) is 25.2. The third-order valence-corrected chi connectivity index (χ3v) is 22.5. The van der Waals surface area contributed by atoms with Gasteiger partial charge in [0.15, 0.2) is 33.6 Å². The molecule has 6 heterocycles. The monoisotopic (exact) mass is 1530 g/mol. The summed E-state index contributed by atoms with van der Waals surface area (Å²) in [6.45, 7) is 16.1. The van der Waals surface area contributed by atoms with Crippen molar-refractivity contribution in [2.24, 2.45) is 17.8 Å². The second kappa shape index (κ2) is 30.0. The highest BCUT2D eigenvalue weighted by Crippen LogP contribution is 2.73. The van der Waals surface area contributed by atoms with Crippen molar-refractivity contribution < 1.29 is 85.4 Å². The van der Waals surface area contributed by atoms with E-state index in [4.69, 9.17) is 53.2 Å². The van der Waals surface area contributed by atoms with Gasteiger partial charge < -0.3 is 83.5 Å². The summed E-state index contributed by atoms with van der Waals surface area (Å²) in [5, 5.41) is 73.9. The molecule has 574 valence electrons. The van der Waals surface area contributed by atoms with Crippen molar-refractivity contribution >= 4 is 23.2 Å². The topological polar surface area (TPSA) is 234 Å². The first kappa shape index (κ1) is 78.2. The van der Waals surface area contributed by atoms with Crippen molar-refractivity contribution in [2.75, 3.05) is 83.2 Å². The molecule has 3 aliphatic carbocycles. The molecule has 9 aromatic rings. The van der Waals surface area contributed by atoms with Crippen LogP contribution in [-0.4, -0.2) is 162 Å². The summed E-state index contributed by atoms with van der Waals surface area (Å²) in [5.74, 6) is -2.88. The Labute approximate surface area is 636 Å². The van der Waals surface area contributed by atoms with E-state index in [9.17, 15) is 57.0 Å². The maximum atomic E-state index is 13.4. The van der Waals surface area contributed by atoms with E-state index in [1.165, 1.54) is 112 Å². The Morgan fingerprint density at radius 2 is 0.673 bits per heavy atom. The molecule has 110 heavy (non-hydrogen) atoms. The maximum absolute atomic E-state index is 13.4. The van der Waals surface area contributed by atoms with Crippen LogP contribution in [0.25, 0.3) is 9.69 Å². The molecule has 0 saturated heterocycles. The fourth-order valence-corrected chi connectivity index (χ4v) is 18.5. The lowest BCUT2D eigenvalue weighted by atomic mass is 9.70. The van der Waals surface area contributed by atoms with Gasteiger partial charge in [0, 0.05) is 90.0 Å². The van der Waals surface area contributed by atoms with Gasteiger partial charge >= 0.3 is 11.8 Å². The van der Waals surface area contributed by atoms with Crippen LogP contribution in [0.15, 0.2) is 182 Å². The average Bonchev–Trinajstić information content (AvgIpc) is 1.51. The number of ether oxygens (including phenoxy) is 6. The van der Waals surface area contributed by atoms with Gasteiger partial charge in [-0.3, -0.25) is 0 Å². The van der Waals surface area contributed by atoms with E-state index in [0.717, 1.165) is 16.7 Å². The predicted octanol–water partition coefficient (Wildman–Crippen LogP) is 13.3. The summed E-state index contributed by atoms with van der Waals surface area (Å²) in [6, 6.07) is 49.4. The van der Waals surface area contributed by atoms with Crippen LogP contribution in [0.5, 0.6) is 34.9 Å². The van der Waals surface area contributed by atoms with Gasteiger partial charge in [0.2, 0.25) is 5.88 Å². The Morgan fingerprint density at radius 1 is 0.418 bits per heavy atom. The Balaban J connectivity index is 0.000000145. The van der Waals surface area contributed by atoms with E-state index in [1.807, 2.05) is 148 Å². The quantitative estimate of drug-likeness (QED) is 0.0266. The maximum Gasteiger partial charge on any atom is 0.319 e. The highest BCUT2D eigenvalue weighted by molar-refractivity contribution is 6.29. The first-order valence-electron chi connectivity index (χ1n) is 35.2. The lowest BCUT2D eigenvalue weighted by molar-refractivity contribution is -0.152. The molecule has 0 bridgehead atoms. The molecule has 6 aliphatic rings. The number of nitrogens with zero attached hydrogens (tertiary/aromatic N) is 8. The first-order valence-corrected chi connectivity index (χ1v) is 35.6. The van der Waals surface area contributed by atoms with Crippen molar-refractivity contribution in [3.05, 3.63) is 277 Å². The number of methoxy groups -OCH3 is 3. The lowest BCUT2D eigenvalue weighted by Gasteiger charge is -2.41. The van der Waals surface area contributed by atoms with Crippen LogP contribution in [0.1, 0.15) is 104 Å². The summed E-state index contributed by atoms with van der Waals surface area (Å²) in [7, 11) is 15.4. The average molecular weight is 1530 g/mol. The fourth-order valence-electron chi connectivity index (χ4n) is 18.3. The number of fused-ring (bicyclic) bond motifs is 9. The standard InChI is InChI=1S/2C28H27F2N3O4.C27H27ClF2N2O4/c2*1-31-21-14-20-23(26(32-21)36-4)27(35)24(34)19(15-33(2)3)22(16-8-6-5-7-9-16)28(27,37-20)18-12-10-17(11-13-18)25(29)30;1-32(2)14-18-21(15-7-5-4-6-8-15)27(17-11-9-16(10-12-17)24(29)30)26(34,23(18)33)22-19(36-27)13-20(28)31-25(22)35-3/h2*5-14,19,22,24-25,34-35H,15H2,2-4H3;4-13,18,21,23-24,33-34H,14H2,1-3H3/t2*19-,22-,24-,27+,28+;18-,21-,23-,26+,27+/m111/s1. The second-order valence-corrected chi connectivity index (χ2v) is 29.5. The van der Waals surface area contributed by atoms with Gasteiger partial charge in [0.05, 0.1) is 45.2 Å². The van der Waals surface area contributed by atoms with Gasteiger partial charge in [-0.1, -0.05) is 199 Å². The Morgan fingerprint density at radius 3 is 0.909 bits per heavy atom. The molecule has 0 radical (unpaired) electrons. The summed E-state index contributed by atoms with van der Waals surface area (Å²) >= 11 is 6.24. The number of aliphatic hydroxyl groups is 6. The molecule has 0 spiro atoms. The molecular formula is C83H81ClF6N8O12. The van der Waals surface area contributed by atoms with Crippen LogP contribution >= 0.6 is 11.6 Å². The number of halogens is 7. The number of hydrogen-bond donors (Lipinski definition) is 6. The van der Waals surface area contributed by atoms with Gasteiger partial charge in [-0.2, -0.15) is 0 Å². The van der Waals surface area contributed by atoms with Gasteiger partial charge in [0.1, 0.15) is 33.5 Å². The molecule has 3 aromatic heterocycles. The zero-order chi connectivity index (χ0) is 78.9. The van der Waals surface area contributed by atoms with E-state index in [2.05, 4.69) is 24.6 Å². The van der Waals surface area contributed by atoms with E-state index >= 15 is 0 Å². The van der Waals surface area contributed by atoms with Crippen LogP contribution < -0.4 is 28.4 Å². The Bertz CT molecular complexity index is 4720. The van der Waals surface area contributed by atoms with Crippen molar-refractivity contribution in [2.45, 2.75) is 88.9 Å². The molecule has 3 saturated carbocycles. The molecular weight excluding hydrogens is 1450 g/mol. The van der Waals surface area contributed by atoms with Crippen molar-refractivity contribution in [3.63, 3.8) is 0 Å². The van der Waals surface area contributed by atoms with Crippen LogP contribution in [0, 0.1) is 30.9 Å². The van der Waals surface area contributed by atoms with Crippen LogP contribution in [0.3, 0.4) is 0 Å². The second-order valence-electron chi connectivity index (χ2n) is 29.1. The number of hydrogen-bond acceptors (Lipinski definition) is 18. The Kier molecular flexibility index (Phi) is 21.4. The number of aliphatic hydroxyl groups excluding tert-OH is 3. The van der Waals surface area contributed by atoms with Crippen molar-refractivity contribution in [1.82, 2.24) is 29.7 Å². The van der Waals surface area contributed by atoms with Crippen molar-refractivity contribution in [3.8, 4) is 34.9 Å². The lowest BCUT2D eigenvalue weighted by Crippen LogP contribution is -2.52. The highest BCUT2D eigenvalue weighted by Gasteiger charge is 2.80. The molecule has 20 nitrogen and oxygen atoms in total. The van der Waals surface area contributed by atoms with Gasteiger partial charge in [-0.05, 0) is 75.7 Å². The summed E-state index contributed by atoms with van der Waals surface area (Å²) in [5.41, 5.74) is -7.39. The molecule has 6 N–H and O–H groups in total. The highest BCUT2D eigenvalue weighted by atomic mass is 35.5. The molecule has 3 fully saturated rings. The Hall–Kier alpha value is -9.94. The minimum atomic E-state index is -2.67. The molecule has 27 heteroatoms. The van der Waals surface area contributed by atoms with E-state index in [0.29, 0.717) is 36.3 Å². The molecule has 0 unspecified atom stereocenters. The fraction of sp³-hybridized carbons (Fsp3) is 0.361. The minimum absolute atomic E-state index is 0.00189. The number of aromatic nitrogens is 3. The molecule has 0 amide bonds. The van der Waals surface area contributed by atoms with Gasteiger partial charge in [-0.15, -0.1) is 0 Å². The molecule has 15 rings (SSSR count). The number of rotatable bonds is 18. The van der Waals surface area contributed by atoms with Crippen LogP contribution in [0.4, 0.5) is 38.0 Å². The van der Waals surface area contributed by atoms with Gasteiger partial charge in [-0.25, -0.2) is 31.3 Å². The third kappa shape index (κ3) is 12.1. The van der Waals surface area contributed by atoms with Crippen LogP contribution in [-0.2, 0) is 33.6 Å². The number of benzene rings is 6. The van der Waals surface area contributed by atoms with E-state index in [-0.39, 0.29) is 85.1 Å². The van der Waals surface area contributed by atoms with Gasteiger partial charge in [0.25, 0.3) is 30.9 Å². The molecule has 6 aromatic carbocycles. The molecule has 15 atom stereocenters. The largest absolute Gasteiger partial charge is 0.481 e. The minimum Gasteiger partial charge on any atom is -0.481 e. The number of alkyl halides is 6. The van der Waals surface area contributed by atoms with Crippen LogP contribution in [0.2, 0.25) is 5.15 Å². The zero-order valence-corrected chi connectivity index (χ0v) is 62.0. The summed E-state index contributed by atoms with van der Waals surface area (Å²) < 4.78 is 117. The van der Waals surface area contributed by atoms with Crippen molar-refractivity contribution in [1.29, 1.82) is 0 Å². The van der Waals surface area contributed by atoms with E-state index < -0.39 is 107 Å². The smallest absolute Gasteiger partial charge is 0.319 e. The van der Waals surface area contributed by atoms with E-state index in [1.54, 1.807) is 0 Å². The summed E-state index contributed by atoms with van der Waals surface area (Å²) in [6.07, 6.45) is -12.0.